The molecule has 0 atom stereocenters. The van der Waals surface area contributed by atoms with Crippen LogP contribution < -0.4 is 0 Å². The highest BCUT2D eigenvalue weighted by Crippen LogP contribution is 1.80. The van der Waals surface area contributed by atoms with Crippen molar-refractivity contribution in [1.29, 1.82) is 0 Å². The summed E-state index contributed by atoms with van der Waals surface area (Å²) in [6, 6.07) is 0. The molecule has 0 aromatic carbocycles. The molecule has 0 aromatic heterocycles. The van der Waals surface area contributed by atoms with Crippen LogP contribution in [0.1, 0.15) is 20.3 Å². The van der Waals surface area contributed by atoms with Crippen molar-refractivity contribution in [2.45, 2.75) is 20.3 Å². The molecule has 0 aliphatic rings. The molecule has 0 aliphatic heterocycles. The Morgan fingerprint density at radius 2 is 2.11 bits per heavy atom. The molecule has 0 unspecified atom stereocenters. The van der Waals surface area contributed by atoms with Crippen molar-refractivity contribution in [3.63, 3.8) is 0 Å². The number of hydrogen-bond donors (Lipinski definition) is 0. The van der Waals surface area contributed by atoms with Gasteiger partial charge in [0.05, 0.1) is 5.71 Å². The van der Waals surface area contributed by atoms with Crippen LogP contribution in [0.3, 0.4) is 0 Å². The monoisotopic (exact) mass is 126 g/mol. The molecule has 0 bridgehead atoms. The topological polar surface area (TPSA) is 24.7 Å². The Morgan fingerprint density at radius 1 is 1.44 bits per heavy atom. The van der Waals surface area contributed by atoms with E-state index < -0.39 is 0 Å². The van der Waals surface area contributed by atoms with E-state index in [2.05, 4.69) is 16.9 Å². The molecule has 0 aliphatic carbocycles. The Hall–Kier alpha value is -0.660. The fourth-order valence-corrected chi connectivity index (χ4v) is 0.504. The molecule has 0 N–H and O–H groups in total. The Balaban J connectivity index is 3.70. The lowest BCUT2D eigenvalue weighted by atomic mass is 10.3. The van der Waals surface area contributed by atoms with Crippen molar-refractivity contribution in [2.75, 3.05) is 13.6 Å². The molecular formula is C7H14N2. The number of aliphatic imine (C=N–C) groups is 2. The van der Waals surface area contributed by atoms with Gasteiger partial charge in [0.2, 0.25) is 0 Å². The van der Waals surface area contributed by atoms with E-state index in [9.17, 15) is 0 Å². The first-order valence-corrected chi connectivity index (χ1v) is 3.30. The standard InChI is InChI=1S/C7H14N2/c1-4-7(8-3)6-9-5-2/h6H,4-5H2,1-3H3. The number of hydrogen-bond acceptors (Lipinski definition) is 2. The van der Waals surface area contributed by atoms with Crippen LogP contribution in [0, 0.1) is 0 Å². The first kappa shape index (κ1) is 8.34. The summed E-state index contributed by atoms with van der Waals surface area (Å²) in [7, 11) is 1.79. The summed E-state index contributed by atoms with van der Waals surface area (Å²) in [5.41, 5.74) is 1.07. The van der Waals surface area contributed by atoms with Gasteiger partial charge in [0.1, 0.15) is 0 Å². The summed E-state index contributed by atoms with van der Waals surface area (Å²) < 4.78 is 0. The fraction of sp³-hybridized carbons (Fsp3) is 0.714. The van der Waals surface area contributed by atoms with Gasteiger partial charge in [-0.15, -0.1) is 0 Å². The Bertz CT molecular complexity index is 114. The summed E-state index contributed by atoms with van der Waals surface area (Å²) in [6.07, 6.45) is 2.81. The van der Waals surface area contributed by atoms with Gasteiger partial charge in [-0.3, -0.25) is 9.98 Å². The van der Waals surface area contributed by atoms with Gasteiger partial charge in [-0.25, -0.2) is 0 Å². The lowest BCUT2D eigenvalue weighted by Gasteiger charge is -1.89. The van der Waals surface area contributed by atoms with Crippen LogP contribution in [0.4, 0.5) is 0 Å². The van der Waals surface area contributed by atoms with Gasteiger partial charge in [-0.05, 0) is 13.3 Å². The predicted molar refractivity (Wildman–Crippen MR) is 42.7 cm³/mol. The van der Waals surface area contributed by atoms with Crippen LogP contribution in [0.15, 0.2) is 9.98 Å². The lowest BCUT2D eigenvalue weighted by molar-refractivity contribution is 1.14. The van der Waals surface area contributed by atoms with Gasteiger partial charge in [0.15, 0.2) is 0 Å². The fourth-order valence-electron chi connectivity index (χ4n) is 0.504. The highest BCUT2D eigenvalue weighted by Gasteiger charge is 1.84. The highest BCUT2D eigenvalue weighted by molar-refractivity contribution is 6.30. The highest BCUT2D eigenvalue weighted by atomic mass is 14.7. The molecule has 0 fully saturated rings. The normalized spacial score (nSPS) is 13.0. The Labute approximate surface area is 56.7 Å². The van der Waals surface area contributed by atoms with Crippen LogP contribution in [0.2, 0.25) is 0 Å². The molecule has 0 saturated carbocycles. The molecule has 0 aromatic rings. The van der Waals surface area contributed by atoms with Crippen molar-refractivity contribution >= 4 is 11.9 Å². The van der Waals surface area contributed by atoms with Crippen molar-refractivity contribution in [3.05, 3.63) is 0 Å². The van der Waals surface area contributed by atoms with E-state index in [1.165, 1.54) is 0 Å². The van der Waals surface area contributed by atoms with Gasteiger partial charge in [0.25, 0.3) is 0 Å². The largest absolute Gasteiger partial charge is 0.292 e. The van der Waals surface area contributed by atoms with Crippen molar-refractivity contribution in [3.8, 4) is 0 Å². The van der Waals surface area contributed by atoms with Gasteiger partial charge in [-0.1, -0.05) is 6.92 Å². The maximum absolute atomic E-state index is 4.06. The minimum absolute atomic E-state index is 0.846. The predicted octanol–water partition coefficient (Wildman–Crippen LogP) is 1.56. The minimum atomic E-state index is 0.846. The van der Waals surface area contributed by atoms with E-state index in [4.69, 9.17) is 0 Å². The summed E-state index contributed by atoms with van der Waals surface area (Å²) in [4.78, 5) is 8.07. The molecule has 0 spiro atoms. The van der Waals surface area contributed by atoms with Crippen molar-refractivity contribution in [2.24, 2.45) is 9.98 Å². The second kappa shape index (κ2) is 5.48. The van der Waals surface area contributed by atoms with E-state index in [-0.39, 0.29) is 0 Å². The van der Waals surface area contributed by atoms with E-state index in [1.54, 1.807) is 7.05 Å². The van der Waals surface area contributed by atoms with Gasteiger partial charge < -0.3 is 0 Å². The Kier molecular flexibility index (Phi) is 5.07. The van der Waals surface area contributed by atoms with Crippen LogP contribution in [-0.2, 0) is 0 Å². The quantitative estimate of drug-likeness (QED) is 0.513. The minimum Gasteiger partial charge on any atom is -0.292 e. The second-order valence-corrected chi connectivity index (χ2v) is 1.70. The maximum Gasteiger partial charge on any atom is 0.0520 e. The number of rotatable bonds is 3. The summed E-state index contributed by atoms with van der Waals surface area (Å²) >= 11 is 0. The van der Waals surface area contributed by atoms with Crippen molar-refractivity contribution in [1.82, 2.24) is 0 Å². The zero-order valence-corrected chi connectivity index (χ0v) is 6.39. The molecule has 2 nitrogen and oxygen atoms in total. The molecule has 9 heavy (non-hydrogen) atoms. The third kappa shape index (κ3) is 3.88. The molecule has 0 saturated heterocycles. The van der Waals surface area contributed by atoms with E-state index in [0.29, 0.717) is 0 Å². The summed E-state index contributed by atoms with van der Waals surface area (Å²) in [5, 5.41) is 0. The Morgan fingerprint density at radius 3 is 2.44 bits per heavy atom. The first-order valence-electron chi connectivity index (χ1n) is 3.30. The average Bonchev–Trinajstić information content (AvgIpc) is 1.91. The summed E-state index contributed by atoms with van der Waals surface area (Å²) in [6.45, 7) is 4.93. The molecule has 0 heterocycles. The average molecular weight is 126 g/mol. The maximum atomic E-state index is 4.06. The molecule has 2 heteroatoms. The van der Waals surface area contributed by atoms with Crippen LogP contribution in [0.25, 0.3) is 0 Å². The molecular weight excluding hydrogens is 112 g/mol. The smallest absolute Gasteiger partial charge is 0.0520 e. The molecule has 0 rings (SSSR count). The number of nitrogens with zero attached hydrogens (tertiary/aromatic N) is 2. The van der Waals surface area contributed by atoms with Crippen LogP contribution in [-0.4, -0.2) is 25.5 Å². The third-order valence-corrected chi connectivity index (χ3v) is 1.07. The molecule has 0 radical (unpaired) electrons. The van der Waals surface area contributed by atoms with E-state index in [0.717, 1.165) is 18.7 Å². The zero-order chi connectivity index (χ0) is 7.11. The molecule has 0 amide bonds. The van der Waals surface area contributed by atoms with E-state index in [1.807, 2.05) is 13.1 Å². The van der Waals surface area contributed by atoms with Crippen LogP contribution >= 0.6 is 0 Å². The third-order valence-electron chi connectivity index (χ3n) is 1.07. The molecule has 52 valence electrons. The van der Waals surface area contributed by atoms with E-state index >= 15 is 0 Å². The van der Waals surface area contributed by atoms with Gasteiger partial charge in [-0.2, -0.15) is 0 Å². The van der Waals surface area contributed by atoms with Gasteiger partial charge in [0, 0.05) is 19.8 Å². The first-order chi connectivity index (χ1) is 4.35. The second-order valence-electron chi connectivity index (χ2n) is 1.70. The lowest BCUT2D eigenvalue weighted by Crippen LogP contribution is -1.96. The zero-order valence-electron chi connectivity index (χ0n) is 6.39. The van der Waals surface area contributed by atoms with Crippen molar-refractivity contribution < 1.29 is 0 Å². The SMILES string of the molecule is CCN=CC(CC)=NC. The van der Waals surface area contributed by atoms with Gasteiger partial charge >= 0.3 is 0 Å². The van der Waals surface area contributed by atoms with Crippen LogP contribution in [0.5, 0.6) is 0 Å². The summed E-state index contributed by atoms with van der Waals surface area (Å²) in [5.74, 6) is 0.